The van der Waals surface area contributed by atoms with E-state index in [1.54, 1.807) is 0 Å². The van der Waals surface area contributed by atoms with E-state index >= 15 is 0 Å². The lowest BCUT2D eigenvalue weighted by atomic mass is 10.4. The van der Waals surface area contributed by atoms with E-state index in [0.717, 1.165) is 0 Å². The predicted octanol–water partition coefficient (Wildman–Crippen LogP) is 1.19. The first-order valence-electron chi connectivity index (χ1n) is 3.56. The standard InChI is InChI=1S/C7H10N2O3/c1-4(2)8-6-3-5(7(10)11)9-12-6/h3-4,8H,1-2H3,(H,10,11). The van der Waals surface area contributed by atoms with Crippen LogP contribution >= 0.6 is 0 Å². The van der Waals surface area contributed by atoms with Crippen molar-refractivity contribution >= 4 is 11.9 Å². The Morgan fingerprint density at radius 2 is 2.42 bits per heavy atom. The van der Waals surface area contributed by atoms with Crippen LogP contribution in [0, 0.1) is 0 Å². The van der Waals surface area contributed by atoms with E-state index in [9.17, 15) is 4.79 Å². The second-order valence-electron chi connectivity index (χ2n) is 2.68. The molecular formula is C7H10N2O3. The third-order valence-corrected chi connectivity index (χ3v) is 1.16. The Morgan fingerprint density at radius 3 is 2.83 bits per heavy atom. The topological polar surface area (TPSA) is 75.4 Å². The van der Waals surface area contributed by atoms with E-state index in [0.29, 0.717) is 5.88 Å². The van der Waals surface area contributed by atoms with Gasteiger partial charge in [0.05, 0.1) is 0 Å². The molecule has 0 aliphatic carbocycles. The maximum atomic E-state index is 10.3. The fourth-order valence-corrected chi connectivity index (χ4v) is 0.729. The van der Waals surface area contributed by atoms with Gasteiger partial charge in [-0.3, -0.25) is 0 Å². The molecule has 66 valence electrons. The molecule has 1 aromatic rings. The highest BCUT2D eigenvalue weighted by atomic mass is 16.5. The van der Waals surface area contributed by atoms with Crippen molar-refractivity contribution in [2.24, 2.45) is 0 Å². The molecule has 0 radical (unpaired) electrons. The van der Waals surface area contributed by atoms with Gasteiger partial charge in [-0.2, -0.15) is 0 Å². The summed E-state index contributed by atoms with van der Waals surface area (Å²) in [6.45, 7) is 3.84. The van der Waals surface area contributed by atoms with Crippen LogP contribution in [-0.2, 0) is 0 Å². The van der Waals surface area contributed by atoms with Crippen LogP contribution in [0.5, 0.6) is 0 Å². The molecule has 1 aromatic heterocycles. The monoisotopic (exact) mass is 170 g/mol. The van der Waals surface area contributed by atoms with Crippen molar-refractivity contribution in [2.45, 2.75) is 19.9 Å². The summed E-state index contributed by atoms with van der Waals surface area (Å²) in [4.78, 5) is 10.3. The smallest absolute Gasteiger partial charge is 0.358 e. The zero-order valence-electron chi connectivity index (χ0n) is 6.87. The Bertz CT molecular complexity index is 280. The van der Waals surface area contributed by atoms with Crippen LogP contribution in [0.1, 0.15) is 24.3 Å². The van der Waals surface area contributed by atoms with Gasteiger partial charge < -0.3 is 14.9 Å². The quantitative estimate of drug-likeness (QED) is 0.712. The SMILES string of the molecule is CC(C)Nc1cc(C(=O)O)no1. The van der Waals surface area contributed by atoms with Crippen LogP contribution in [0.25, 0.3) is 0 Å². The molecule has 0 unspecified atom stereocenters. The lowest BCUT2D eigenvalue weighted by molar-refractivity contribution is 0.0686. The van der Waals surface area contributed by atoms with Crippen molar-refractivity contribution in [2.75, 3.05) is 5.32 Å². The molecular weight excluding hydrogens is 160 g/mol. The summed E-state index contributed by atoms with van der Waals surface area (Å²) in [5.41, 5.74) is -0.0850. The van der Waals surface area contributed by atoms with Crippen LogP contribution in [0.4, 0.5) is 5.88 Å². The minimum atomic E-state index is -1.09. The molecule has 0 saturated heterocycles. The third-order valence-electron chi connectivity index (χ3n) is 1.16. The Balaban J connectivity index is 2.71. The molecule has 5 nitrogen and oxygen atoms in total. The Hall–Kier alpha value is -1.52. The minimum Gasteiger partial charge on any atom is -0.476 e. The number of rotatable bonds is 3. The number of nitrogens with one attached hydrogen (secondary N) is 1. The summed E-state index contributed by atoms with van der Waals surface area (Å²) in [5.74, 6) is -0.710. The number of nitrogens with zero attached hydrogens (tertiary/aromatic N) is 1. The van der Waals surface area contributed by atoms with Gasteiger partial charge in [-0.15, -0.1) is 0 Å². The second kappa shape index (κ2) is 3.25. The molecule has 1 heterocycles. The summed E-state index contributed by atoms with van der Waals surface area (Å²) in [6, 6.07) is 1.54. The molecule has 1 rings (SSSR count). The van der Waals surface area contributed by atoms with Gasteiger partial charge in [0.25, 0.3) is 0 Å². The molecule has 0 aromatic carbocycles. The first-order valence-corrected chi connectivity index (χ1v) is 3.56. The first kappa shape index (κ1) is 8.58. The predicted molar refractivity (Wildman–Crippen MR) is 42.2 cm³/mol. The first-order chi connectivity index (χ1) is 5.59. The van der Waals surface area contributed by atoms with E-state index in [1.807, 2.05) is 13.8 Å². The summed E-state index contributed by atoms with van der Waals surface area (Å²) in [5, 5.41) is 14.7. The van der Waals surface area contributed by atoms with Crippen LogP contribution in [0.15, 0.2) is 10.6 Å². The minimum absolute atomic E-state index is 0.0850. The van der Waals surface area contributed by atoms with Crippen molar-refractivity contribution in [1.29, 1.82) is 0 Å². The van der Waals surface area contributed by atoms with Crippen molar-refractivity contribution in [3.63, 3.8) is 0 Å². The van der Waals surface area contributed by atoms with Crippen molar-refractivity contribution in [3.8, 4) is 0 Å². The number of hydrogen-bond acceptors (Lipinski definition) is 4. The lowest BCUT2D eigenvalue weighted by Crippen LogP contribution is -2.08. The number of aromatic nitrogens is 1. The number of anilines is 1. The van der Waals surface area contributed by atoms with Gasteiger partial charge in [0.2, 0.25) is 5.88 Å². The van der Waals surface area contributed by atoms with Crippen LogP contribution in [0.3, 0.4) is 0 Å². The Morgan fingerprint density at radius 1 is 1.75 bits per heavy atom. The van der Waals surface area contributed by atoms with E-state index in [-0.39, 0.29) is 11.7 Å². The van der Waals surface area contributed by atoms with Gasteiger partial charge >= 0.3 is 5.97 Å². The number of carbonyl (C=O) groups is 1. The highest BCUT2D eigenvalue weighted by Gasteiger charge is 2.10. The zero-order chi connectivity index (χ0) is 9.14. The summed E-state index contributed by atoms with van der Waals surface area (Å²) >= 11 is 0. The molecule has 0 amide bonds. The molecule has 0 aliphatic rings. The average Bonchev–Trinajstić information content (AvgIpc) is 2.34. The van der Waals surface area contributed by atoms with Crippen molar-refractivity contribution in [1.82, 2.24) is 5.16 Å². The van der Waals surface area contributed by atoms with Gasteiger partial charge in [0.15, 0.2) is 5.69 Å². The summed E-state index contributed by atoms with van der Waals surface area (Å²) < 4.78 is 4.69. The highest BCUT2D eigenvalue weighted by molar-refractivity contribution is 5.85. The van der Waals surface area contributed by atoms with E-state index in [2.05, 4.69) is 10.5 Å². The van der Waals surface area contributed by atoms with Gasteiger partial charge in [0.1, 0.15) is 0 Å². The molecule has 0 spiro atoms. The van der Waals surface area contributed by atoms with Crippen LogP contribution in [-0.4, -0.2) is 22.3 Å². The molecule has 0 fully saturated rings. The number of carboxylic acids is 1. The molecule has 12 heavy (non-hydrogen) atoms. The Labute approximate surface area is 69.4 Å². The lowest BCUT2D eigenvalue weighted by Gasteiger charge is -2.02. The molecule has 0 atom stereocenters. The molecule has 5 heteroatoms. The van der Waals surface area contributed by atoms with E-state index in [1.165, 1.54) is 6.07 Å². The molecule has 0 aliphatic heterocycles. The van der Waals surface area contributed by atoms with E-state index < -0.39 is 5.97 Å². The number of carboxylic acid groups (broad SMARTS) is 1. The highest BCUT2D eigenvalue weighted by Crippen LogP contribution is 2.10. The zero-order valence-corrected chi connectivity index (χ0v) is 6.87. The average molecular weight is 170 g/mol. The molecule has 0 saturated carbocycles. The van der Waals surface area contributed by atoms with Gasteiger partial charge in [-0.05, 0) is 13.8 Å². The van der Waals surface area contributed by atoms with Crippen LogP contribution < -0.4 is 5.32 Å². The molecule has 0 bridgehead atoms. The largest absolute Gasteiger partial charge is 0.476 e. The van der Waals surface area contributed by atoms with Crippen molar-refractivity contribution < 1.29 is 14.4 Å². The van der Waals surface area contributed by atoms with E-state index in [4.69, 9.17) is 9.63 Å². The second-order valence-corrected chi connectivity index (χ2v) is 2.68. The molecule has 2 N–H and O–H groups in total. The summed E-state index contributed by atoms with van der Waals surface area (Å²) in [6.07, 6.45) is 0. The Kier molecular flexibility index (Phi) is 2.32. The number of hydrogen-bond donors (Lipinski definition) is 2. The normalized spacial score (nSPS) is 10.2. The summed E-state index contributed by atoms with van der Waals surface area (Å²) in [7, 11) is 0. The van der Waals surface area contributed by atoms with Gasteiger partial charge in [-0.25, -0.2) is 4.79 Å². The van der Waals surface area contributed by atoms with Gasteiger partial charge in [-0.1, -0.05) is 5.16 Å². The fourth-order valence-electron chi connectivity index (χ4n) is 0.729. The van der Waals surface area contributed by atoms with Crippen molar-refractivity contribution in [3.05, 3.63) is 11.8 Å². The van der Waals surface area contributed by atoms with Gasteiger partial charge in [0, 0.05) is 12.1 Å². The van der Waals surface area contributed by atoms with Crippen LogP contribution in [0.2, 0.25) is 0 Å². The maximum absolute atomic E-state index is 10.3. The number of aromatic carboxylic acids is 1. The maximum Gasteiger partial charge on any atom is 0.358 e. The third kappa shape index (κ3) is 1.98. The fraction of sp³-hybridized carbons (Fsp3) is 0.429.